The molecule has 0 aliphatic rings. The number of hydrogen-bond acceptors (Lipinski definition) is 6. The number of nitrogen functional groups attached to an aromatic ring is 1. The average molecular weight is 460 g/mol. The van der Waals surface area contributed by atoms with Crippen LogP contribution in [0.1, 0.15) is 22.0 Å². The van der Waals surface area contributed by atoms with Crippen molar-refractivity contribution < 1.29 is 19.2 Å². The molecule has 3 aromatic carbocycles. The van der Waals surface area contributed by atoms with Crippen molar-refractivity contribution in [3.05, 3.63) is 98.0 Å². The molecule has 3 rings (SSSR count). The fourth-order valence-electron chi connectivity index (χ4n) is 2.74. The minimum Gasteiger partial charge on any atom is -0.444 e. The molecule has 3 N–H and O–H groups in total. The van der Waals surface area contributed by atoms with Gasteiger partial charge in [-0.3, -0.25) is 14.9 Å². The van der Waals surface area contributed by atoms with Gasteiger partial charge in [0.2, 0.25) is 6.10 Å². The van der Waals surface area contributed by atoms with Crippen molar-refractivity contribution in [2.75, 3.05) is 11.1 Å². The molecule has 0 unspecified atom stereocenters. The summed E-state index contributed by atoms with van der Waals surface area (Å²) in [6.45, 7) is 0. The number of carbonyl (C=O) groups is 2. The van der Waals surface area contributed by atoms with Gasteiger partial charge in [0.1, 0.15) is 5.69 Å². The van der Waals surface area contributed by atoms with Gasteiger partial charge < -0.3 is 15.8 Å². The second-order valence-electron chi connectivity index (χ2n) is 6.37. The van der Waals surface area contributed by atoms with E-state index >= 15 is 0 Å². The van der Waals surface area contributed by atoms with E-state index < -0.39 is 28.6 Å². The van der Waals surface area contributed by atoms with Crippen molar-refractivity contribution in [3.63, 3.8) is 0 Å². The van der Waals surface area contributed by atoms with Crippen LogP contribution < -0.4 is 11.1 Å². The lowest BCUT2D eigenvalue weighted by molar-refractivity contribution is -0.383. The summed E-state index contributed by atoms with van der Waals surface area (Å²) in [5.74, 6) is -1.60. The number of hydrogen-bond donors (Lipinski definition) is 2. The highest BCUT2D eigenvalue weighted by atomic mass is 35.5. The summed E-state index contributed by atoms with van der Waals surface area (Å²) in [6, 6.07) is 16.3. The lowest BCUT2D eigenvalue weighted by atomic mass is 10.1. The van der Waals surface area contributed by atoms with Crippen LogP contribution >= 0.6 is 23.2 Å². The van der Waals surface area contributed by atoms with Crippen molar-refractivity contribution in [2.45, 2.75) is 6.10 Å². The Labute approximate surface area is 186 Å². The SMILES string of the molecule is Nc1ccc(C(=O)O[C@@H](C(=O)Nc2cc(Cl)cc(Cl)c2)c2ccccc2)cc1[N+](=O)[O-]. The Bertz CT molecular complexity index is 1130. The topological polar surface area (TPSA) is 125 Å². The third-order valence-electron chi connectivity index (χ3n) is 4.16. The number of carbonyl (C=O) groups excluding carboxylic acids is 2. The molecule has 0 aliphatic heterocycles. The van der Waals surface area contributed by atoms with Crippen molar-refractivity contribution in [1.29, 1.82) is 0 Å². The summed E-state index contributed by atoms with van der Waals surface area (Å²) in [5.41, 5.74) is 5.60. The van der Waals surface area contributed by atoms with Crippen LogP contribution in [0.25, 0.3) is 0 Å². The molecule has 31 heavy (non-hydrogen) atoms. The highest BCUT2D eigenvalue weighted by Gasteiger charge is 2.27. The number of nitrogens with two attached hydrogens (primary N) is 1. The van der Waals surface area contributed by atoms with Gasteiger partial charge in [0, 0.05) is 27.4 Å². The number of amides is 1. The number of nitro groups is 1. The van der Waals surface area contributed by atoms with Gasteiger partial charge in [-0.05, 0) is 30.3 Å². The van der Waals surface area contributed by atoms with Crippen LogP contribution in [-0.4, -0.2) is 16.8 Å². The average Bonchev–Trinajstić information content (AvgIpc) is 2.71. The lowest BCUT2D eigenvalue weighted by Crippen LogP contribution is -2.26. The minimum atomic E-state index is -1.34. The summed E-state index contributed by atoms with van der Waals surface area (Å²) >= 11 is 11.9. The maximum atomic E-state index is 12.9. The highest BCUT2D eigenvalue weighted by Crippen LogP contribution is 2.27. The van der Waals surface area contributed by atoms with Gasteiger partial charge in [0.05, 0.1) is 10.5 Å². The molecule has 8 nitrogen and oxygen atoms in total. The molecule has 0 radical (unpaired) electrons. The molecule has 158 valence electrons. The van der Waals surface area contributed by atoms with Gasteiger partial charge in [0.25, 0.3) is 11.6 Å². The molecule has 3 aromatic rings. The first-order chi connectivity index (χ1) is 14.7. The Kier molecular flexibility index (Phi) is 6.74. The normalized spacial score (nSPS) is 11.4. The Balaban J connectivity index is 1.89. The van der Waals surface area contributed by atoms with Crippen LogP contribution in [-0.2, 0) is 9.53 Å². The molecular weight excluding hydrogens is 445 g/mol. The van der Waals surface area contributed by atoms with E-state index in [2.05, 4.69) is 5.32 Å². The number of nitrogens with zero attached hydrogens (tertiary/aromatic N) is 1. The van der Waals surface area contributed by atoms with Gasteiger partial charge >= 0.3 is 5.97 Å². The molecule has 0 aromatic heterocycles. The van der Waals surface area contributed by atoms with Gasteiger partial charge in [0.15, 0.2) is 0 Å². The fourth-order valence-corrected chi connectivity index (χ4v) is 3.26. The third kappa shape index (κ3) is 5.50. The molecule has 1 atom stereocenters. The number of nitro benzene ring substituents is 1. The Morgan fingerprint density at radius 3 is 2.26 bits per heavy atom. The number of esters is 1. The predicted octanol–water partition coefficient (Wildman–Crippen LogP) is 5.02. The highest BCUT2D eigenvalue weighted by molar-refractivity contribution is 6.35. The minimum absolute atomic E-state index is 0.100. The van der Waals surface area contributed by atoms with Gasteiger partial charge in [-0.2, -0.15) is 0 Å². The molecule has 0 heterocycles. The van der Waals surface area contributed by atoms with E-state index in [9.17, 15) is 19.7 Å². The largest absolute Gasteiger partial charge is 0.444 e. The van der Waals surface area contributed by atoms with E-state index in [4.69, 9.17) is 33.7 Å². The first-order valence-corrected chi connectivity index (χ1v) is 9.57. The second kappa shape index (κ2) is 9.46. The molecular formula is C21H15Cl2N3O5. The van der Waals surface area contributed by atoms with E-state index in [0.717, 1.165) is 6.07 Å². The van der Waals surface area contributed by atoms with Crippen LogP contribution in [0, 0.1) is 10.1 Å². The Morgan fingerprint density at radius 1 is 1.00 bits per heavy atom. The van der Waals surface area contributed by atoms with Crippen molar-refractivity contribution in [2.24, 2.45) is 0 Å². The Hall–Kier alpha value is -3.62. The Morgan fingerprint density at radius 2 is 1.65 bits per heavy atom. The molecule has 0 saturated heterocycles. The predicted molar refractivity (Wildman–Crippen MR) is 117 cm³/mol. The van der Waals surface area contributed by atoms with Crippen molar-refractivity contribution >= 4 is 52.1 Å². The number of nitrogens with one attached hydrogen (secondary N) is 1. The quantitative estimate of drug-likeness (QED) is 0.230. The summed E-state index contributed by atoms with van der Waals surface area (Å²) in [5, 5.41) is 14.3. The fraction of sp³-hybridized carbons (Fsp3) is 0.0476. The number of halogens is 2. The van der Waals surface area contributed by atoms with Crippen LogP contribution in [0.3, 0.4) is 0 Å². The maximum Gasteiger partial charge on any atom is 0.339 e. The van der Waals surface area contributed by atoms with Gasteiger partial charge in [-0.15, -0.1) is 0 Å². The van der Waals surface area contributed by atoms with E-state index in [1.807, 2.05) is 0 Å². The molecule has 1 amide bonds. The first kappa shape index (κ1) is 22.1. The summed E-state index contributed by atoms with van der Waals surface area (Å²) in [4.78, 5) is 36.0. The summed E-state index contributed by atoms with van der Waals surface area (Å²) in [6.07, 6.45) is -1.34. The maximum absolute atomic E-state index is 12.9. The standard InChI is InChI=1S/C21H15Cl2N3O5/c22-14-9-15(23)11-16(10-14)25-20(27)19(12-4-2-1-3-5-12)31-21(28)13-6-7-17(24)18(8-13)26(29)30/h1-11,19H,24H2,(H,25,27)/t19-/m1/s1. The molecule has 0 aliphatic carbocycles. The van der Waals surface area contributed by atoms with Gasteiger partial charge in [-0.1, -0.05) is 53.5 Å². The lowest BCUT2D eigenvalue weighted by Gasteiger charge is -2.18. The monoisotopic (exact) mass is 459 g/mol. The zero-order chi connectivity index (χ0) is 22.5. The number of anilines is 2. The van der Waals surface area contributed by atoms with Crippen LogP contribution in [0.4, 0.5) is 17.1 Å². The smallest absolute Gasteiger partial charge is 0.339 e. The van der Waals surface area contributed by atoms with Crippen LogP contribution in [0.15, 0.2) is 66.7 Å². The molecule has 0 spiro atoms. The zero-order valence-electron chi connectivity index (χ0n) is 15.7. The second-order valence-corrected chi connectivity index (χ2v) is 7.25. The molecule has 0 fully saturated rings. The molecule has 0 saturated carbocycles. The summed E-state index contributed by atoms with van der Waals surface area (Å²) in [7, 11) is 0. The van der Waals surface area contributed by atoms with E-state index in [1.165, 1.54) is 30.3 Å². The van der Waals surface area contributed by atoms with E-state index in [1.54, 1.807) is 30.3 Å². The van der Waals surface area contributed by atoms with E-state index in [-0.39, 0.29) is 11.3 Å². The third-order valence-corrected chi connectivity index (χ3v) is 4.59. The van der Waals surface area contributed by atoms with Crippen LogP contribution in [0.2, 0.25) is 10.0 Å². The number of ether oxygens (including phenoxy) is 1. The van der Waals surface area contributed by atoms with Crippen molar-refractivity contribution in [1.82, 2.24) is 0 Å². The van der Waals surface area contributed by atoms with Gasteiger partial charge in [-0.25, -0.2) is 4.79 Å². The number of benzene rings is 3. The number of rotatable bonds is 6. The zero-order valence-corrected chi connectivity index (χ0v) is 17.3. The first-order valence-electron chi connectivity index (χ1n) is 8.81. The molecule has 0 bridgehead atoms. The summed E-state index contributed by atoms with van der Waals surface area (Å²) < 4.78 is 5.41. The van der Waals surface area contributed by atoms with Crippen LogP contribution in [0.5, 0.6) is 0 Å². The van der Waals surface area contributed by atoms with E-state index in [0.29, 0.717) is 21.3 Å². The molecule has 10 heteroatoms. The van der Waals surface area contributed by atoms with Crippen molar-refractivity contribution in [3.8, 4) is 0 Å².